The summed E-state index contributed by atoms with van der Waals surface area (Å²) in [5.74, 6) is -0.908. The number of ether oxygens (including phenoxy) is 1. The molecule has 1 aromatic heterocycles. The third kappa shape index (κ3) is 3.01. The Morgan fingerprint density at radius 1 is 1.26 bits per heavy atom. The number of nitrogens with zero attached hydrogens (tertiary/aromatic N) is 1. The van der Waals surface area contributed by atoms with Gasteiger partial charge in [0.05, 0.1) is 12.3 Å². The van der Waals surface area contributed by atoms with Crippen molar-refractivity contribution in [2.75, 3.05) is 13.2 Å². The van der Waals surface area contributed by atoms with Crippen LogP contribution in [0.15, 0.2) is 36.2 Å². The summed E-state index contributed by atoms with van der Waals surface area (Å²) in [5.41, 5.74) is 5.42. The Morgan fingerprint density at radius 2 is 2.11 bits per heavy atom. The van der Waals surface area contributed by atoms with Crippen molar-refractivity contribution in [3.63, 3.8) is 0 Å². The lowest BCUT2D eigenvalue weighted by Gasteiger charge is -2.18. The highest BCUT2D eigenvalue weighted by Crippen LogP contribution is 2.42. The van der Waals surface area contributed by atoms with Crippen LogP contribution in [0.3, 0.4) is 0 Å². The second-order valence-electron chi connectivity index (χ2n) is 6.59. The van der Waals surface area contributed by atoms with E-state index in [2.05, 4.69) is 15.5 Å². The number of carboxylic acids is 1. The Balaban J connectivity index is 1.91. The second-order valence-corrected chi connectivity index (χ2v) is 6.59. The molecule has 7 heteroatoms. The fourth-order valence-electron chi connectivity index (χ4n) is 3.65. The number of fused-ring (bicyclic) bond motifs is 3. The number of aliphatic carboxylic acids is 1. The molecule has 2 aliphatic rings. The molecule has 0 saturated heterocycles. The van der Waals surface area contributed by atoms with E-state index in [9.17, 15) is 14.7 Å². The number of benzene rings is 1. The van der Waals surface area contributed by atoms with Gasteiger partial charge in [-0.15, -0.1) is 0 Å². The highest BCUT2D eigenvalue weighted by atomic mass is 16.5. The molecule has 0 unspecified atom stereocenters. The number of rotatable bonds is 2. The smallest absolute Gasteiger partial charge is 0.341 e. The van der Waals surface area contributed by atoms with Gasteiger partial charge in [0, 0.05) is 36.5 Å². The average molecular weight is 365 g/mol. The number of aromatic amines is 1. The Morgan fingerprint density at radius 3 is 2.85 bits per heavy atom. The van der Waals surface area contributed by atoms with Gasteiger partial charge in [-0.25, -0.2) is 4.79 Å². The Kier molecular flexibility index (Phi) is 4.27. The van der Waals surface area contributed by atoms with Crippen molar-refractivity contribution in [3.8, 4) is 17.0 Å². The number of carbonyl (C=O) groups excluding carboxylic acids is 1. The molecule has 0 amide bonds. The van der Waals surface area contributed by atoms with Gasteiger partial charge in [-0.05, 0) is 48.3 Å². The van der Waals surface area contributed by atoms with Crippen LogP contribution in [-0.2, 0) is 22.4 Å². The number of nitrogens with one attached hydrogen (secondary N) is 2. The van der Waals surface area contributed by atoms with Crippen molar-refractivity contribution in [1.82, 2.24) is 15.5 Å². The largest absolute Gasteiger partial charge is 0.492 e. The molecular weight excluding hydrogens is 346 g/mol. The van der Waals surface area contributed by atoms with E-state index in [0.717, 1.165) is 45.7 Å². The van der Waals surface area contributed by atoms with E-state index in [1.54, 1.807) is 6.20 Å². The van der Waals surface area contributed by atoms with Crippen LogP contribution >= 0.6 is 0 Å². The van der Waals surface area contributed by atoms with Crippen molar-refractivity contribution < 1.29 is 19.4 Å². The molecule has 4 rings (SSSR count). The summed E-state index contributed by atoms with van der Waals surface area (Å²) < 4.78 is 5.91. The van der Waals surface area contributed by atoms with Crippen LogP contribution in [0.2, 0.25) is 0 Å². The summed E-state index contributed by atoms with van der Waals surface area (Å²) in [4.78, 5) is 23.8. The highest BCUT2D eigenvalue weighted by Gasteiger charge is 2.26. The minimum atomic E-state index is -1.24. The number of hydrogen-bond acceptors (Lipinski definition) is 5. The zero-order chi connectivity index (χ0) is 19.0. The van der Waals surface area contributed by atoms with Gasteiger partial charge in [0.1, 0.15) is 11.3 Å². The maximum absolute atomic E-state index is 12.4. The van der Waals surface area contributed by atoms with Crippen LogP contribution < -0.4 is 10.1 Å². The van der Waals surface area contributed by atoms with E-state index in [1.165, 1.54) is 12.3 Å². The molecule has 0 aliphatic carbocycles. The van der Waals surface area contributed by atoms with Gasteiger partial charge >= 0.3 is 5.97 Å². The number of aromatic nitrogens is 2. The summed E-state index contributed by atoms with van der Waals surface area (Å²) >= 11 is 0. The fraction of sp³-hybridized carbons (Fsp3) is 0.250. The molecule has 1 aromatic carbocycles. The molecule has 0 saturated carbocycles. The van der Waals surface area contributed by atoms with Gasteiger partial charge < -0.3 is 15.2 Å². The van der Waals surface area contributed by atoms with Gasteiger partial charge in [0.15, 0.2) is 5.78 Å². The molecule has 2 aliphatic heterocycles. The number of hydrogen-bond donors (Lipinski definition) is 3. The zero-order valence-electron chi connectivity index (χ0n) is 14.8. The molecule has 138 valence electrons. The standard InChI is InChI=1S/C20H19N3O4/c1-11-8-18(24)16(20(25)26)10-21-5-2-12-13-4-7-27-19(13)15(9-14(11)12)17-3-6-22-23-17/h3,6,8-10,21H,2,4-5,7H2,1H3,(H,22,23)(H,25,26)/b11-8+,16-10+. The van der Waals surface area contributed by atoms with Gasteiger partial charge in [-0.2, -0.15) is 5.10 Å². The Hall–Kier alpha value is -3.35. The van der Waals surface area contributed by atoms with Gasteiger partial charge in [0.2, 0.25) is 0 Å². The SMILES string of the molecule is C/C1=C\C(=O)/C(C(=O)O)=C\NCCc2c1cc(-c1ccn[nH]1)c1c2CCO1. The summed E-state index contributed by atoms with van der Waals surface area (Å²) in [6, 6.07) is 3.87. The van der Waals surface area contributed by atoms with E-state index in [0.29, 0.717) is 19.6 Å². The summed E-state index contributed by atoms with van der Waals surface area (Å²) in [6.45, 7) is 2.98. The minimum absolute atomic E-state index is 0.268. The van der Waals surface area contributed by atoms with E-state index in [1.807, 2.05) is 19.1 Å². The molecule has 0 atom stereocenters. The Labute approximate surface area is 155 Å². The fourth-order valence-corrected chi connectivity index (χ4v) is 3.65. The lowest BCUT2D eigenvalue weighted by molar-refractivity contribution is -0.134. The molecule has 27 heavy (non-hydrogen) atoms. The van der Waals surface area contributed by atoms with Crippen LogP contribution in [0.1, 0.15) is 23.6 Å². The first kappa shape index (κ1) is 17.1. The van der Waals surface area contributed by atoms with E-state index >= 15 is 0 Å². The first-order chi connectivity index (χ1) is 13.1. The molecule has 3 N–H and O–H groups in total. The molecule has 0 spiro atoms. The summed E-state index contributed by atoms with van der Waals surface area (Å²) in [6.07, 6.45) is 5.87. The highest BCUT2D eigenvalue weighted by molar-refractivity contribution is 6.22. The molecule has 0 bridgehead atoms. The number of ketones is 1. The molecule has 0 radical (unpaired) electrons. The van der Waals surface area contributed by atoms with E-state index in [4.69, 9.17) is 4.74 Å². The molecule has 0 fully saturated rings. The number of carbonyl (C=O) groups is 2. The lowest BCUT2D eigenvalue weighted by Crippen LogP contribution is -2.19. The number of carboxylic acid groups (broad SMARTS) is 1. The Bertz CT molecular complexity index is 987. The number of H-pyrrole nitrogens is 1. The van der Waals surface area contributed by atoms with Crippen LogP contribution in [-0.4, -0.2) is 40.2 Å². The topological polar surface area (TPSA) is 104 Å². The van der Waals surface area contributed by atoms with E-state index in [-0.39, 0.29) is 5.57 Å². The van der Waals surface area contributed by atoms with Crippen molar-refractivity contribution in [1.29, 1.82) is 0 Å². The summed E-state index contributed by atoms with van der Waals surface area (Å²) in [7, 11) is 0. The minimum Gasteiger partial charge on any atom is -0.492 e. The number of allylic oxidation sites excluding steroid dienone is 2. The van der Waals surface area contributed by atoms with Gasteiger partial charge in [-0.3, -0.25) is 9.89 Å². The molecule has 2 aromatic rings. The third-order valence-corrected chi connectivity index (χ3v) is 4.92. The predicted octanol–water partition coefficient (Wildman–Crippen LogP) is 2.10. The van der Waals surface area contributed by atoms with Gasteiger partial charge in [0.25, 0.3) is 0 Å². The average Bonchev–Trinajstić information content (AvgIpc) is 3.32. The molecule has 3 heterocycles. The maximum atomic E-state index is 12.4. The van der Waals surface area contributed by atoms with Crippen LogP contribution in [0, 0.1) is 0 Å². The first-order valence-electron chi connectivity index (χ1n) is 8.77. The van der Waals surface area contributed by atoms with Crippen LogP contribution in [0.5, 0.6) is 5.75 Å². The van der Waals surface area contributed by atoms with Crippen LogP contribution in [0.4, 0.5) is 0 Å². The maximum Gasteiger partial charge on any atom is 0.341 e. The second kappa shape index (κ2) is 6.75. The summed E-state index contributed by atoms with van der Waals surface area (Å²) in [5, 5.41) is 19.2. The predicted molar refractivity (Wildman–Crippen MR) is 99.3 cm³/mol. The monoisotopic (exact) mass is 365 g/mol. The van der Waals surface area contributed by atoms with Crippen molar-refractivity contribution in [2.24, 2.45) is 0 Å². The van der Waals surface area contributed by atoms with Crippen molar-refractivity contribution in [2.45, 2.75) is 19.8 Å². The quantitative estimate of drug-likeness (QED) is 0.704. The van der Waals surface area contributed by atoms with Gasteiger partial charge in [-0.1, -0.05) is 0 Å². The third-order valence-electron chi connectivity index (χ3n) is 4.92. The molecule has 7 nitrogen and oxygen atoms in total. The first-order valence-corrected chi connectivity index (χ1v) is 8.77. The lowest BCUT2D eigenvalue weighted by atomic mass is 9.88. The van der Waals surface area contributed by atoms with E-state index < -0.39 is 11.8 Å². The normalized spacial score (nSPS) is 20.3. The molecular formula is C20H19N3O4. The van der Waals surface area contributed by atoms with Crippen molar-refractivity contribution in [3.05, 3.63) is 52.9 Å². The van der Waals surface area contributed by atoms with Crippen molar-refractivity contribution >= 4 is 17.3 Å². The zero-order valence-corrected chi connectivity index (χ0v) is 14.8. The van der Waals surface area contributed by atoms with Crippen LogP contribution in [0.25, 0.3) is 16.8 Å².